The van der Waals surface area contributed by atoms with Gasteiger partial charge in [-0.05, 0) is 26.7 Å². The quantitative estimate of drug-likeness (QED) is 0.877. The Kier molecular flexibility index (Phi) is 4.15. The molecule has 0 radical (unpaired) electrons. The Morgan fingerprint density at radius 3 is 2.53 bits per heavy atom. The molecule has 0 bridgehead atoms. The minimum Gasteiger partial charge on any atom is -0.312 e. The smallest absolute Gasteiger partial charge is 0.118 e. The van der Waals surface area contributed by atoms with E-state index in [9.17, 15) is 0 Å². The summed E-state index contributed by atoms with van der Waals surface area (Å²) >= 11 is 1.80. The number of hydrogen-bond donors (Lipinski definition) is 1. The van der Waals surface area contributed by atoms with Gasteiger partial charge in [0.15, 0.2) is 0 Å². The molecule has 96 valence electrons. The zero-order valence-electron chi connectivity index (χ0n) is 11.1. The molecule has 0 saturated heterocycles. The minimum atomic E-state index is 0.194. The fraction of sp³-hybridized carbons (Fsp3) is 0.846. The summed E-state index contributed by atoms with van der Waals surface area (Å²) in [5.41, 5.74) is 0.194. The standard InChI is InChI=1S/C13H23N3S/c1-13(2,3)14-8-7-11-15-16-12(17-11)9-10-5-4-6-10/h10,14H,4-9H2,1-3H3. The Balaban J connectivity index is 1.73. The van der Waals surface area contributed by atoms with Crippen LogP contribution in [0.25, 0.3) is 0 Å². The van der Waals surface area contributed by atoms with Gasteiger partial charge < -0.3 is 5.32 Å². The molecule has 0 spiro atoms. The van der Waals surface area contributed by atoms with Crippen LogP contribution in [-0.2, 0) is 12.8 Å². The summed E-state index contributed by atoms with van der Waals surface area (Å²) in [4.78, 5) is 0. The molecule has 0 atom stereocenters. The van der Waals surface area contributed by atoms with E-state index in [-0.39, 0.29) is 5.54 Å². The third-order valence-corrected chi connectivity index (χ3v) is 4.20. The third kappa shape index (κ3) is 4.36. The minimum absolute atomic E-state index is 0.194. The molecule has 1 heterocycles. The number of rotatable bonds is 5. The van der Waals surface area contributed by atoms with E-state index in [4.69, 9.17) is 0 Å². The molecule has 1 fully saturated rings. The molecule has 0 amide bonds. The van der Waals surface area contributed by atoms with Crippen LogP contribution in [0.3, 0.4) is 0 Å². The highest BCUT2D eigenvalue weighted by molar-refractivity contribution is 7.11. The fourth-order valence-electron chi connectivity index (χ4n) is 1.96. The predicted octanol–water partition coefficient (Wildman–Crippen LogP) is 2.81. The van der Waals surface area contributed by atoms with Crippen LogP contribution in [0.1, 0.15) is 50.0 Å². The van der Waals surface area contributed by atoms with Gasteiger partial charge >= 0.3 is 0 Å². The molecule has 1 aromatic rings. The molecule has 1 aliphatic rings. The number of hydrogen-bond acceptors (Lipinski definition) is 4. The summed E-state index contributed by atoms with van der Waals surface area (Å²) in [5, 5.41) is 14.5. The third-order valence-electron chi connectivity index (χ3n) is 3.19. The molecule has 1 saturated carbocycles. The second-order valence-electron chi connectivity index (χ2n) is 6.02. The van der Waals surface area contributed by atoms with E-state index in [2.05, 4.69) is 36.3 Å². The van der Waals surface area contributed by atoms with E-state index in [0.717, 1.165) is 25.3 Å². The lowest BCUT2D eigenvalue weighted by Crippen LogP contribution is -2.37. The number of nitrogens with one attached hydrogen (secondary N) is 1. The van der Waals surface area contributed by atoms with E-state index in [1.54, 1.807) is 11.3 Å². The van der Waals surface area contributed by atoms with Crippen LogP contribution in [0.15, 0.2) is 0 Å². The first-order valence-electron chi connectivity index (χ1n) is 6.59. The van der Waals surface area contributed by atoms with Crippen LogP contribution < -0.4 is 5.32 Å². The largest absolute Gasteiger partial charge is 0.312 e. The van der Waals surface area contributed by atoms with Gasteiger partial charge in [0.2, 0.25) is 0 Å². The lowest BCUT2D eigenvalue weighted by molar-refractivity contribution is 0.313. The molecule has 1 aromatic heterocycles. The molecule has 2 rings (SSSR count). The molecular weight excluding hydrogens is 230 g/mol. The summed E-state index contributed by atoms with van der Waals surface area (Å²) in [6.07, 6.45) is 6.34. The summed E-state index contributed by atoms with van der Waals surface area (Å²) < 4.78 is 0. The van der Waals surface area contributed by atoms with Gasteiger partial charge in [-0.15, -0.1) is 21.5 Å². The van der Waals surface area contributed by atoms with Crippen molar-refractivity contribution in [1.82, 2.24) is 15.5 Å². The van der Waals surface area contributed by atoms with Crippen LogP contribution >= 0.6 is 11.3 Å². The molecule has 3 nitrogen and oxygen atoms in total. The average Bonchev–Trinajstić information content (AvgIpc) is 2.57. The average molecular weight is 253 g/mol. The normalized spacial score (nSPS) is 17.1. The van der Waals surface area contributed by atoms with E-state index in [0.29, 0.717) is 0 Å². The highest BCUT2D eigenvalue weighted by atomic mass is 32.1. The van der Waals surface area contributed by atoms with Crippen LogP contribution in [0.2, 0.25) is 0 Å². The Labute approximate surface area is 108 Å². The predicted molar refractivity (Wildman–Crippen MR) is 72.4 cm³/mol. The Morgan fingerprint density at radius 1 is 1.24 bits per heavy atom. The van der Waals surface area contributed by atoms with Gasteiger partial charge in [-0.25, -0.2) is 0 Å². The number of nitrogens with zero attached hydrogens (tertiary/aromatic N) is 2. The SMILES string of the molecule is CC(C)(C)NCCc1nnc(CC2CCC2)s1. The van der Waals surface area contributed by atoms with Gasteiger partial charge in [0.05, 0.1) is 0 Å². The summed E-state index contributed by atoms with van der Waals surface area (Å²) in [5.74, 6) is 0.892. The van der Waals surface area contributed by atoms with E-state index >= 15 is 0 Å². The van der Waals surface area contributed by atoms with Crippen molar-refractivity contribution in [3.63, 3.8) is 0 Å². The van der Waals surface area contributed by atoms with Gasteiger partial charge in [-0.2, -0.15) is 0 Å². The van der Waals surface area contributed by atoms with Crippen molar-refractivity contribution in [2.24, 2.45) is 5.92 Å². The fourth-order valence-corrected chi connectivity index (χ4v) is 2.92. The van der Waals surface area contributed by atoms with Crippen LogP contribution in [0.4, 0.5) is 0 Å². The summed E-state index contributed by atoms with van der Waals surface area (Å²) in [6.45, 7) is 7.56. The van der Waals surface area contributed by atoms with Gasteiger partial charge in [-0.3, -0.25) is 0 Å². The zero-order chi connectivity index (χ0) is 12.3. The number of aromatic nitrogens is 2. The van der Waals surface area contributed by atoms with E-state index < -0.39 is 0 Å². The molecule has 1 N–H and O–H groups in total. The molecular formula is C13H23N3S. The van der Waals surface area contributed by atoms with Crippen molar-refractivity contribution < 1.29 is 0 Å². The maximum absolute atomic E-state index is 4.29. The van der Waals surface area contributed by atoms with E-state index in [1.165, 1.54) is 29.3 Å². The van der Waals surface area contributed by atoms with Crippen molar-refractivity contribution in [3.8, 4) is 0 Å². The van der Waals surface area contributed by atoms with Gasteiger partial charge in [0.25, 0.3) is 0 Å². The summed E-state index contributed by atoms with van der Waals surface area (Å²) in [6, 6.07) is 0. The maximum Gasteiger partial charge on any atom is 0.118 e. The van der Waals surface area contributed by atoms with Crippen LogP contribution in [0, 0.1) is 5.92 Å². The van der Waals surface area contributed by atoms with Crippen molar-refractivity contribution in [2.45, 2.75) is 58.4 Å². The second-order valence-corrected chi connectivity index (χ2v) is 7.16. The summed E-state index contributed by atoms with van der Waals surface area (Å²) in [7, 11) is 0. The first kappa shape index (κ1) is 13.0. The van der Waals surface area contributed by atoms with Crippen molar-refractivity contribution >= 4 is 11.3 Å². The van der Waals surface area contributed by atoms with Crippen LogP contribution in [0.5, 0.6) is 0 Å². The highest BCUT2D eigenvalue weighted by Gasteiger charge is 2.19. The molecule has 0 aliphatic heterocycles. The molecule has 1 aliphatic carbocycles. The molecule has 0 aromatic carbocycles. The highest BCUT2D eigenvalue weighted by Crippen LogP contribution is 2.30. The second kappa shape index (κ2) is 5.44. The Morgan fingerprint density at radius 2 is 1.94 bits per heavy atom. The van der Waals surface area contributed by atoms with Crippen molar-refractivity contribution in [3.05, 3.63) is 10.0 Å². The maximum atomic E-state index is 4.29. The lowest BCUT2D eigenvalue weighted by Gasteiger charge is -2.23. The Hall–Kier alpha value is -0.480. The first-order valence-corrected chi connectivity index (χ1v) is 7.41. The van der Waals surface area contributed by atoms with Gasteiger partial charge in [0.1, 0.15) is 10.0 Å². The zero-order valence-corrected chi connectivity index (χ0v) is 11.9. The van der Waals surface area contributed by atoms with Gasteiger partial charge in [0, 0.05) is 24.9 Å². The lowest BCUT2D eigenvalue weighted by atomic mass is 9.83. The van der Waals surface area contributed by atoms with Gasteiger partial charge in [-0.1, -0.05) is 19.3 Å². The van der Waals surface area contributed by atoms with Crippen LogP contribution in [-0.4, -0.2) is 22.3 Å². The molecule has 4 heteroatoms. The first-order chi connectivity index (χ1) is 8.03. The van der Waals surface area contributed by atoms with Crippen molar-refractivity contribution in [2.75, 3.05) is 6.54 Å². The van der Waals surface area contributed by atoms with Crippen molar-refractivity contribution in [1.29, 1.82) is 0 Å². The molecule has 17 heavy (non-hydrogen) atoms. The molecule has 0 unspecified atom stereocenters. The topological polar surface area (TPSA) is 37.8 Å². The Bertz CT molecular complexity index is 350. The van der Waals surface area contributed by atoms with E-state index in [1.807, 2.05) is 0 Å². The monoisotopic (exact) mass is 253 g/mol.